The molecule has 1 saturated heterocycles. The lowest BCUT2D eigenvalue weighted by Crippen LogP contribution is -2.43. The van der Waals surface area contributed by atoms with E-state index >= 15 is 0 Å². The largest absolute Gasteiger partial charge is 0.383 e. The molecule has 3 aromatic heterocycles. The second kappa shape index (κ2) is 8.92. The van der Waals surface area contributed by atoms with Crippen LogP contribution in [-0.4, -0.2) is 54.7 Å². The topological polar surface area (TPSA) is 110 Å². The van der Waals surface area contributed by atoms with Crippen molar-refractivity contribution in [2.75, 3.05) is 18.8 Å². The van der Waals surface area contributed by atoms with Gasteiger partial charge in [0.1, 0.15) is 17.7 Å². The van der Waals surface area contributed by atoms with Crippen LogP contribution >= 0.6 is 15.9 Å². The Bertz CT molecular complexity index is 1400. The molecule has 34 heavy (non-hydrogen) atoms. The number of piperidine rings is 1. The summed E-state index contributed by atoms with van der Waals surface area (Å²) in [6.45, 7) is 2.89. The first-order valence-corrected chi connectivity index (χ1v) is 12.0. The Morgan fingerprint density at radius 2 is 2.06 bits per heavy atom. The van der Waals surface area contributed by atoms with Gasteiger partial charge in [-0.15, -0.1) is 0 Å². The van der Waals surface area contributed by atoms with E-state index in [4.69, 9.17) is 10.7 Å². The molecule has 1 amide bonds. The van der Waals surface area contributed by atoms with Gasteiger partial charge in [0.25, 0.3) is 5.91 Å². The number of fused-ring (bicyclic) bond motifs is 2. The molecule has 1 aliphatic heterocycles. The molecule has 0 aliphatic carbocycles. The number of rotatable bonds is 4. The maximum Gasteiger partial charge on any atom is 0.251 e. The molecule has 10 heteroatoms. The number of hydrogen-bond donors (Lipinski definition) is 2. The van der Waals surface area contributed by atoms with Crippen LogP contribution < -0.4 is 5.73 Å². The van der Waals surface area contributed by atoms with Crippen LogP contribution in [0.3, 0.4) is 0 Å². The zero-order valence-electron chi connectivity index (χ0n) is 18.6. The second-order valence-electron chi connectivity index (χ2n) is 8.57. The van der Waals surface area contributed by atoms with Crippen LogP contribution in [0.25, 0.3) is 27.7 Å². The van der Waals surface area contributed by atoms with Gasteiger partial charge in [-0.3, -0.25) is 9.78 Å². The molecule has 1 aliphatic rings. The zero-order chi connectivity index (χ0) is 24.0. The summed E-state index contributed by atoms with van der Waals surface area (Å²) in [5.74, 6) is -0.0144. The van der Waals surface area contributed by atoms with Crippen molar-refractivity contribution in [2.45, 2.75) is 38.2 Å². The Balaban J connectivity index is 1.50. The summed E-state index contributed by atoms with van der Waals surface area (Å²) in [5, 5.41) is 15.0. The standard InChI is InChI=1S/C24H24BrFN6O2/c1-2-19(33)24(34)31-7-5-13(6-8-31)21-20(25)22(27)32-23(30-21)17(12-29-32)15-9-14-10-16(26)3-4-18(14)28-11-15/h3-4,9-13,19,33H,2,5-8,27H2,1H3. The number of aliphatic hydroxyl groups excluding tert-OH is 1. The Morgan fingerprint density at radius 1 is 1.29 bits per heavy atom. The number of amides is 1. The molecule has 0 saturated carbocycles. The van der Waals surface area contributed by atoms with E-state index in [1.165, 1.54) is 12.1 Å². The van der Waals surface area contributed by atoms with Crippen LogP contribution in [0.15, 0.2) is 41.1 Å². The molecule has 1 fully saturated rings. The summed E-state index contributed by atoms with van der Waals surface area (Å²) >= 11 is 3.60. The maximum absolute atomic E-state index is 13.7. The number of benzene rings is 1. The Hall–Kier alpha value is -3.11. The molecule has 0 spiro atoms. The van der Waals surface area contributed by atoms with E-state index in [9.17, 15) is 14.3 Å². The number of pyridine rings is 1. The van der Waals surface area contributed by atoms with Crippen LogP contribution in [0.5, 0.6) is 0 Å². The molecule has 1 atom stereocenters. The monoisotopic (exact) mass is 526 g/mol. The number of likely N-dealkylation sites (tertiary alicyclic amines) is 1. The number of aromatic nitrogens is 4. The average molecular weight is 527 g/mol. The summed E-state index contributed by atoms with van der Waals surface area (Å²) in [7, 11) is 0. The van der Waals surface area contributed by atoms with Crippen molar-refractivity contribution < 1.29 is 14.3 Å². The number of halogens is 2. The van der Waals surface area contributed by atoms with Gasteiger partial charge < -0.3 is 15.7 Å². The first-order valence-electron chi connectivity index (χ1n) is 11.2. The normalized spacial score (nSPS) is 15.8. The highest BCUT2D eigenvalue weighted by Crippen LogP contribution is 2.37. The maximum atomic E-state index is 13.7. The van der Waals surface area contributed by atoms with Crippen molar-refractivity contribution in [3.05, 3.63) is 52.6 Å². The number of carbonyl (C=O) groups is 1. The summed E-state index contributed by atoms with van der Waals surface area (Å²) in [5.41, 5.74) is 10.0. The van der Waals surface area contributed by atoms with Gasteiger partial charge in [0.05, 0.1) is 21.9 Å². The van der Waals surface area contributed by atoms with Crippen molar-refractivity contribution in [1.82, 2.24) is 24.5 Å². The fourth-order valence-corrected chi connectivity index (χ4v) is 5.08. The van der Waals surface area contributed by atoms with Gasteiger partial charge in [-0.05, 0) is 59.5 Å². The smallest absolute Gasteiger partial charge is 0.251 e. The van der Waals surface area contributed by atoms with Crippen LogP contribution in [0.2, 0.25) is 0 Å². The van der Waals surface area contributed by atoms with E-state index in [0.717, 1.165) is 16.8 Å². The van der Waals surface area contributed by atoms with Gasteiger partial charge in [0, 0.05) is 41.7 Å². The molecule has 1 unspecified atom stereocenters. The van der Waals surface area contributed by atoms with Gasteiger partial charge in [0.15, 0.2) is 5.65 Å². The number of nitrogen functional groups attached to an aromatic ring is 1. The minimum absolute atomic E-state index is 0.0936. The molecule has 4 heterocycles. The first kappa shape index (κ1) is 22.7. The molecule has 0 bridgehead atoms. The average Bonchev–Trinajstić information content (AvgIpc) is 3.29. The minimum atomic E-state index is -0.952. The number of nitrogens with zero attached hydrogens (tertiary/aromatic N) is 5. The van der Waals surface area contributed by atoms with Gasteiger partial charge in [-0.25, -0.2) is 9.37 Å². The molecule has 0 radical (unpaired) electrons. The molecular weight excluding hydrogens is 503 g/mol. The highest BCUT2D eigenvalue weighted by Gasteiger charge is 2.30. The number of nitrogens with two attached hydrogens (primary N) is 1. The van der Waals surface area contributed by atoms with Gasteiger partial charge in [0.2, 0.25) is 0 Å². The molecule has 5 rings (SSSR count). The summed E-state index contributed by atoms with van der Waals surface area (Å²) in [6.07, 6.45) is 4.28. The van der Waals surface area contributed by atoms with Crippen molar-refractivity contribution in [2.24, 2.45) is 0 Å². The highest BCUT2D eigenvalue weighted by atomic mass is 79.9. The number of aliphatic hydroxyl groups is 1. The second-order valence-corrected chi connectivity index (χ2v) is 9.37. The summed E-state index contributed by atoms with van der Waals surface area (Å²) in [4.78, 5) is 23.4. The number of carbonyl (C=O) groups excluding carboxylic acids is 1. The SMILES string of the molecule is CCC(O)C(=O)N1CCC(c2nc3c(-c4cnc5ccc(F)cc5c4)cnn3c(N)c2Br)CC1. The molecule has 1 aromatic carbocycles. The van der Waals surface area contributed by atoms with E-state index in [1.807, 2.05) is 6.07 Å². The zero-order valence-corrected chi connectivity index (χ0v) is 20.2. The van der Waals surface area contributed by atoms with Crippen LogP contribution in [-0.2, 0) is 4.79 Å². The lowest BCUT2D eigenvalue weighted by atomic mass is 9.92. The van der Waals surface area contributed by atoms with Gasteiger partial charge >= 0.3 is 0 Å². The van der Waals surface area contributed by atoms with Crippen molar-refractivity contribution in [3.8, 4) is 11.1 Å². The highest BCUT2D eigenvalue weighted by molar-refractivity contribution is 9.10. The van der Waals surface area contributed by atoms with Crippen molar-refractivity contribution in [3.63, 3.8) is 0 Å². The lowest BCUT2D eigenvalue weighted by Gasteiger charge is -2.33. The third-order valence-electron chi connectivity index (χ3n) is 6.47. The lowest BCUT2D eigenvalue weighted by molar-refractivity contribution is -0.141. The van der Waals surface area contributed by atoms with Crippen LogP contribution in [0, 0.1) is 5.82 Å². The van der Waals surface area contributed by atoms with Gasteiger partial charge in [-0.1, -0.05) is 6.92 Å². The van der Waals surface area contributed by atoms with E-state index in [2.05, 4.69) is 26.0 Å². The molecule has 3 N–H and O–H groups in total. The van der Waals surface area contributed by atoms with Gasteiger partial charge in [-0.2, -0.15) is 9.61 Å². The minimum Gasteiger partial charge on any atom is -0.383 e. The van der Waals surface area contributed by atoms with E-state index in [1.54, 1.807) is 34.8 Å². The summed E-state index contributed by atoms with van der Waals surface area (Å²) < 4.78 is 16.0. The van der Waals surface area contributed by atoms with Crippen molar-refractivity contribution in [1.29, 1.82) is 0 Å². The number of hydrogen-bond acceptors (Lipinski definition) is 6. The number of anilines is 1. The molecule has 176 valence electrons. The quantitative estimate of drug-likeness (QED) is 0.417. The Kier molecular flexibility index (Phi) is 5.95. The van der Waals surface area contributed by atoms with E-state index in [-0.39, 0.29) is 17.6 Å². The predicted molar refractivity (Wildman–Crippen MR) is 131 cm³/mol. The van der Waals surface area contributed by atoms with E-state index < -0.39 is 6.10 Å². The van der Waals surface area contributed by atoms with E-state index in [0.29, 0.717) is 59.2 Å². The third-order valence-corrected chi connectivity index (χ3v) is 7.28. The Labute approximate surface area is 203 Å². The summed E-state index contributed by atoms with van der Waals surface area (Å²) in [6, 6.07) is 6.35. The van der Waals surface area contributed by atoms with Crippen molar-refractivity contribution >= 4 is 44.2 Å². The predicted octanol–water partition coefficient (Wildman–Crippen LogP) is 3.91. The fourth-order valence-electron chi connectivity index (χ4n) is 4.50. The molecular formula is C24H24BrFN6O2. The van der Waals surface area contributed by atoms with Crippen LogP contribution in [0.4, 0.5) is 10.2 Å². The Morgan fingerprint density at radius 3 is 2.79 bits per heavy atom. The molecule has 4 aromatic rings. The third kappa shape index (κ3) is 3.90. The fraction of sp³-hybridized carbons (Fsp3) is 0.333. The van der Waals surface area contributed by atoms with Crippen LogP contribution in [0.1, 0.15) is 37.8 Å². The first-order chi connectivity index (χ1) is 16.4. The molecule has 8 nitrogen and oxygen atoms in total.